The van der Waals surface area contributed by atoms with Gasteiger partial charge in [-0.05, 0) is 45.0 Å². The number of anilines is 1. The van der Waals surface area contributed by atoms with E-state index < -0.39 is 5.60 Å². The normalized spacial score (nSPS) is 19.2. The summed E-state index contributed by atoms with van der Waals surface area (Å²) in [6.07, 6.45) is 5.43. The van der Waals surface area contributed by atoms with E-state index in [2.05, 4.69) is 12.2 Å². The summed E-state index contributed by atoms with van der Waals surface area (Å²) < 4.78 is 11.7. The van der Waals surface area contributed by atoms with Gasteiger partial charge in [0.1, 0.15) is 17.0 Å². The van der Waals surface area contributed by atoms with Gasteiger partial charge < -0.3 is 20.1 Å². The number of piperidine rings is 1. The molecule has 2 heterocycles. The van der Waals surface area contributed by atoms with Gasteiger partial charge in [0.2, 0.25) is 0 Å². The Morgan fingerprint density at radius 2 is 2.00 bits per heavy atom. The van der Waals surface area contributed by atoms with Crippen LogP contribution < -0.4 is 10.5 Å². The van der Waals surface area contributed by atoms with E-state index in [1.165, 1.54) is 0 Å². The highest BCUT2D eigenvalue weighted by atomic mass is 16.6. The van der Waals surface area contributed by atoms with Crippen LogP contribution in [0.2, 0.25) is 0 Å². The van der Waals surface area contributed by atoms with Crippen molar-refractivity contribution < 1.29 is 14.3 Å². The Kier molecular flexibility index (Phi) is 3.74. The summed E-state index contributed by atoms with van der Waals surface area (Å²) in [6, 6.07) is 5.67. The molecule has 0 bridgehead atoms. The van der Waals surface area contributed by atoms with Crippen LogP contribution in [-0.4, -0.2) is 35.3 Å². The molecule has 0 aliphatic carbocycles. The van der Waals surface area contributed by atoms with Crippen molar-refractivity contribution in [2.24, 2.45) is 0 Å². The van der Waals surface area contributed by atoms with E-state index in [-0.39, 0.29) is 11.7 Å². The number of ether oxygens (including phenoxy) is 2. The lowest BCUT2D eigenvalue weighted by Crippen LogP contribution is -2.50. The van der Waals surface area contributed by atoms with Gasteiger partial charge in [0.25, 0.3) is 0 Å². The molecule has 2 N–H and O–H groups in total. The van der Waals surface area contributed by atoms with Crippen molar-refractivity contribution in [3.05, 3.63) is 29.8 Å². The van der Waals surface area contributed by atoms with Crippen molar-refractivity contribution >= 4 is 17.9 Å². The minimum atomic E-state index is -0.466. The molecule has 1 spiro atoms. The fraction of sp³-hybridized carbons (Fsp3) is 0.500. The Balaban J connectivity index is 1.66. The van der Waals surface area contributed by atoms with E-state index in [0.29, 0.717) is 13.1 Å². The van der Waals surface area contributed by atoms with E-state index in [4.69, 9.17) is 15.2 Å². The van der Waals surface area contributed by atoms with Crippen LogP contribution in [0.25, 0.3) is 6.08 Å². The fourth-order valence-corrected chi connectivity index (χ4v) is 2.95. The second-order valence-corrected chi connectivity index (χ2v) is 7.26. The van der Waals surface area contributed by atoms with Crippen molar-refractivity contribution in [3.63, 3.8) is 0 Å². The predicted molar refractivity (Wildman–Crippen MR) is 90.3 cm³/mol. The third-order valence-electron chi connectivity index (χ3n) is 4.18. The summed E-state index contributed by atoms with van der Waals surface area (Å²) in [7, 11) is 0. The second kappa shape index (κ2) is 5.48. The van der Waals surface area contributed by atoms with Crippen LogP contribution in [0.1, 0.15) is 39.2 Å². The highest BCUT2D eigenvalue weighted by Crippen LogP contribution is 2.37. The van der Waals surface area contributed by atoms with Gasteiger partial charge in [-0.25, -0.2) is 4.79 Å². The van der Waals surface area contributed by atoms with Crippen LogP contribution >= 0.6 is 0 Å². The van der Waals surface area contributed by atoms with Crippen LogP contribution in [0.4, 0.5) is 10.5 Å². The Labute approximate surface area is 137 Å². The number of fused-ring (bicyclic) bond motifs is 1. The van der Waals surface area contributed by atoms with Crippen LogP contribution in [0.5, 0.6) is 5.75 Å². The first-order chi connectivity index (χ1) is 10.8. The van der Waals surface area contributed by atoms with Gasteiger partial charge in [0.15, 0.2) is 0 Å². The minimum Gasteiger partial charge on any atom is -0.482 e. The Hall–Kier alpha value is -2.17. The average Bonchev–Trinajstić information content (AvgIpc) is 2.47. The van der Waals surface area contributed by atoms with Gasteiger partial charge in [0.05, 0.1) is 0 Å². The van der Waals surface area contributed by atoms with Gasteiger partial charge in [-0.2, -0.15) is 0 Å². The largest absolute Gasteiger partial charge is 0.482 e. The molecule has 3 rings (SSSR count). The van der Waals surface area contributed by atoms with E-state index in [1.807, 2.05) is 39.0 Å². The molecular weight excluding hydrogens is 292 g/mol. The molecule has 1 saturated heterocycles. The van der Waals surface area contributed by atoms with Crippen molar-refractivity contribution in [1.82, 2.24) is 4.90 Å². The van der Waals surface area contributed by atoms with Crippen LogP contribution in [0.3, 0.4) is 0 Å². The van der Waals surface area contributed by atoms with Gasteiger partial charge in [0, 0.05) is 37.2 Å². The Bertz CT molecular complexity index is 638. The quantitative estimate of drug-likeness (QED) is 0.745. The molecule has 2 aliphatic heterocycles. The standard InChI is InChI=1S/C18H24N2O3/c1-17(2,3)23-16(21)20-10-8-18(9-11-20)7-6-13-12-14(19)4-5-15(13)22-18/h4-7,12H,8-11,19H2,1-3H3. The molecule has 0 atom stereocenters. The summed E-state index contributed by atoms with van der Waals surface area (Å²) in [5.41, 5.74) is 6.74. The number of carbonyl (C=O) groups is 1. The van der Waals surface area contributed by atoms with Crippen molar-refractivity contribution in [2.45, 2.75) is 44.8 Å². The molecule has 0 radical (unpaired) electrons. The first-order valence-electron chi connectivity index (χ1n) is 8.02. The molecule has 5 heteroatoms. The number of benzene rings is 1. The molecule has 1 fully saturated rings. The molecule has 0 saturated carbocycles. The number of hydrogen-bond acceptors (Lipinski definition) is 4. The van der Waals surface area contributed by atoms with Crippen LogP contribution in [0.15, 0.2) is 24.3 Å². The highest BCUT2D eigenvalue weighted by Gasteiger charge is 2.38. The number of nitrogen functional groups attached to an aromatic ring is 1. The molecule has 0 unspecified atom stereocenters. The van der Waals surface area contributed by atoms with Crippen molar-refractivity contribution in [3.8, 4) is 5.75 Å². The third kappa shape index (κ3) is 3.44. The number of amides is 1. The number of likely N-dealkylation sites (tertiary alicyclic amines) is 1. The van der Waals surface area contributed by atoms with E-state index in [0.717, 1.165) is 29.8 Å². The van der Waals surface area contributed by atoms with Crippen molar-refractivity contribution in [1.29, 1.82) is 0 Å². The lowest BCUT2D eigenvalue weighted by Gasteiger charge is -2.42. The summed E-state index contributed by atoms with van der Waals surface area (Å²) in [5, 5.41) is 0. The molecule has 23 heavy (non-hydrogen) atoms. The zero-order valence-corrected chi connectivity index (χ0v) is 14.0. The Morgan fingerprint density at radius 1 is 1.30 bits per heavy atom. The van der Waals surface area contributed by atoms with E-state index >= 15 is 0 Å². The van der Waals surface area contributed by atoms with Gasteiger partial charge in [-0.15, -0.1) is 0 Å². The molecule has 2 aliphatic rings. The molecule has 1 aromatic rings. The smallest absolute Gasteiger partial charge is 0.410 e. The number of nitrogens with zero attached hydrogens (tertiary/aromatic N) is 1. The first kappa shape index (κ1) is 15.7. The molecule has 124 valence electrons. The monoisotopic (exact) mass is 316 g/mol. The maximum atomic E-state index is 12.2. The number of hydrogen-bond donors (Lipinski definition) is 1. The fourth-order valence-electron chi connectivity index (χ4n) is 2.95. The SMILES string of the molecule is CC(C)(C)OC(=O)N1CCC2(C=Cc3cc(N)ccc3O2)CC1. The minimum absolute atomic E-state index is 0.250. The second-order valence-electron chi connectivity index (χ2n) is 7.26. The van der Waals surface area contributed by atoms with Crippen molar-refractivity contribution in [2.75, 3.05) is 18.8 Å². The summed E-state index contributed by atoms with van der Waals surface area (Å²) in [6.45, 7) is 6.90. The molecular formula is C18H24N2O3. The van der Waals surface area contributed by atoms with Crippen LogP contribution in [0, 0.1) is 0 Å². The summed E-state index contributed by atoms with van der Waals surface area (Å²) in [5.74, 6) is 0.854. The first-order valence-corrected chi connectivity index (χ1v) is 8.02. The summed E-state index contributed by atoms with van der Waals surface area (Å²) >= 11 is 0. The summed E-state index contributed by atoms with van der Waals surface area (Å²) in [4.78, 5) is 13.9. The third-order valence-corrected chi connectivity index (χ3v) is 4.18. The maximum Gasteiger partial charge on any atom is 0.410 e. The lowest BCUT2D eigenvalue weighted by atomic mass is 9.88. The van der Waals surface area contributed by atoms with Crippen LogP contribution in [-0.2, 0) is 4.74 Å². The molecule has 1 amide bonds. The highest BCUT2D eigenvalue weighted by molar-refractivity contribution is 5.69. The van der Waals surface area contributed by atoms with E-state index in [1.54, 1.807) is 4.90 Å². The maximum absolute atomic E-state index is 12.2. The topological polar surface area (TPSA) is 64.8 Å². The predicted octanol–water partition coefficient (Wildman–Crippen LogP) is 3.44. The zero-order chi connectivity index (χ0) is 16.7. The lowest BCUT2D eigenvalue weighted by molar-refractivity contribution is -0.00101. The molecule has 1 aromatic carbocycles. The van der Waals surface area contributed by atoms with E-state index in [9.17, 15) is 4.79 Å². The van der Waals surface area contributed by atoms with Gasteiger partial charge >= 0.3 is 6.09 Å². The Morgan fingerprint density at radius 3 is 2.65 bits per heavy atom. The molecule has 0 aromatic heterocycles. The molecule has 5 nitrogen and oxygen atoms in total. The van der Waals surface area contributed by atoms with Gasteiger partial charge in [-0.1, -0.05) is 6.08 Å². The number of rotatable bonds is 0. The average molecular weight is 316 g/mol. The number of nitrogens with two attached hydrogens (primary N) is 1. The number of carbonyl (C=O) groups excluding carboxylic acids is 1. The van der Waals surface area contributed by atoms with Gasteiger partial charge in [-0.3, -0.25) is 0 Å². The zero-order valence-electron chi connectivity index (χ0n) is 14.0.